The van der Waals surface area contributed by atoms with E-state index >= 15 is 0 Å². The maximum absolute atomic E-state index is 13.5. The highest BCUT2D eigenvalue weighted by Gasteiger charge is 2.22. The van der Waals surface area contributed by atoms with Crippen LogP contribution in [0.1, 0.15) is 23.2 Å². The van der Waals surface area contributed by atoms with E-state index in [-0.39, 0.29) is 29.7 Å². The second-order valence-corrected chi connectivity index (χ2v) is 4.43. The zero-order valence-corrected chi connectivity index (χ0v) is 10.4. The van der Waals surface area contributed by atoms with E-state index in [4.69, 9.17) is 0 Å². The second-order valence-electron chi connectivity index (χ2n) is 4.43. The van der Waals surface area contributed by atoms with E-state index in [0.717, 1.165) is 18.2 Å². The number of carbonyl (C=O) groups excluding carboxylic acids is 2. The summed E-state index contributed by atoms with van der Waals surface area (Å²) in [4.78, 5) is 32.7. The molecule has 8 heteroatoms. The van der Waals surface area contributed by atoms with Gasteiger partial charge in [0, 0.05) is 31.1 Å². The van der Waals surface area contributed by atoms with E-state index in [9.17, 15) is 24.1 Å². The van der Waals surface area contributed by atoms with Gasteiger partial charge in [-0.3, -0.25) is 19.7 Å². The Hall–Kier alpha value is -2.51. The molecule has 1 aliphatic rings. The quantitative estimate of drug-likeness (QED) is 0.627. The number of nitro benzene ring substituents is 1. The number of non-ortho nitro benzene ring substituents is 1. The molecule has 1 fully saturated rings. The number of rotatable bonds is 4. The molecule has 106 valence electrons. The SMILES string of the molecule is O=C1CCC(CNC(=O)c2cc([N+](=O)[O-])ccc2F)N1. The Labute approximate surface area is 113 Å². The standard InChI is InChI=1S/C12H12FN3O4/c13-10-3-2-8(16(19)20)5-9(10)12(18)14-6-7-1-4-11(17)15-7/h2-3,5,7H,1,4,6H2,(H,14,18)(H,15,17). The molecule has 1 aromatic carbocycles. The van der Waals surface area contributed by atoms with Crippen molar-refractivity contribution in [2.24, 2.45) is 0 Å². The van der Waals surface area contributed by atoms with Crippen molar-refractivity contribution in [2.45, 2.75) is 18.9 Å². The highest BCUT2D eigenvalue weighted by Crippen LogP contribution is 2.16. The fourth-order valence-corrected chi connectivity index (χ4v) is 1.94. The van der Waals surface area contributed by atoms with Crippen LogP contribution in [0.2, 0.25) is 0 Å². The minimum absolute atomic E-state index is 0.0919. The molecule has 2 amide bonds. The molecule has 1 saturated heterocycles. The predicted octanol–water partition coefficient (Wildman–Crippen LogP) is 0.742. The van der Waals surface area contributed by atoms with Crippen molar-refractivity contribution in [2.75, 3.05) is 6.54 Å². The van der Waals surface area contributed by atoms with Gasteiger partial charge in [-0.1, -0.05) is 0 Å². The first kappa shape index (κ1) is 13.9. The number of halogens is 1. The van der Waals surface area contributed by atoms with Crippen LogP contribution in [0, 0.1) is 15.9 Å². The van der Waals surface area contributed by atoms with Gasteiger partial charge in [0.15, 0.2) is 0 Å². The first-order chi connectivity index (χ1) is 9.47. The highest BCUT2D eigenvalue weighted by molar-refractivity contribution is 5.95. The van der Waals surface area contributed by atoms with Gasteiger partial charge in [-0.2, -0.15) is 0 Å². The number of benzene rings is 1. The monoisotopic (exact) mass is 281 g/mol. The fourth-order valence-electron chi connectivity index (χ4n) is 1.94. The number of amides is 2. The number of nitrogens with one attached hydrogen (secondary N) is 2. The van der Waals surface area contributed by atoms with Gasteiger partial charge in [0.2, 0.25) is 5.91 Å². The van der Waals surface area contributed by atoms with Gasteiger partial charge in [0.25, 0.3) is 11.6 Å². The smallest absolute Gasteiger partial charge is 0.270 e. The van der Waals surface area contributed by atoms with Gasteiger partial charge >= 0.3 is 0 Å². The molecular formula is C12H12FN3O4. The Kier molecular flexibility index (Phi) is 3.92. The van der Waals surface area contributed by atoms with Crippen molar-refractivity contribution in [3.63, 3.8) is 0 Å². The Morgan fingerprint density at radius 3 is 2.90 bits per heavy atom. The first-order valence-corrected chi connectivity index (χ1v) is 5.99. The molecular weight excluding hydrogens is 269 g/mol. The number of nitro groups is 1. The van der Waals surface area contributed by atoms with E-state index in [2.05, 4.69) is 10.6 Å². The number of nitrogens with zero attached hydrogens (tertiary/aromatic N) is 1. The van der Waals surface area contributed by atoms with Crippen LogP contribution in [0.3, 0.4) is 0 Å². The van der Waals surface area contributed by atoms with Gasteiger partial charge in [0.05, 0.1) is 10.5 Å². The third-order valence-electron chi connectivity index (χ3n) is 3.00. The van der Waals surface area contributed by atoms with Crippen LogP contribution in [0.5, 0.6) is 0 Å². The summed E-state index contributed by atoms with van der Waals surface area (Å²) in [6.45, 7) is 0.159. The van der Waals surface area contributed by atoms with Crippen molar-refractivity contribution < 1.29 is 18.9 Å². The van der Waals surface area contributed by atoms with Crippen molar-refractivity contribution in [1.29, 1.82) is 0 Å². The number of hydrogen-bond acceptors (Lipinski definition) is 4. The van der Waals surface area contributed by atoms with Crippen molar-refractivity contribution in [3.05, 3.63) is 39.7 Å². The molecule has 0 spiro atoms. The Balaban J connectivity index is 2.03. The lowest BCUT2D eigenvalue weighted by molar-refractivity contribution is -0.384. The summed E-state index contributed by atoms with van der Waals surface area (Å²) in [6, 6.07) is 2.57. The predicted molar refractivity (Wildman–Crippen MR) is 66.6 cm³/mol. The topological polar surface area (TPSA) is 101 Å². The minimum Gasteiger partial charge on any atom is -0.352 e. The summed E-state index contributed by atoms with van der Waals surface area (Å²) in [6.07, 6.45) is 0.988. The molecule has 2 rings (SSSR count). The van der Waals surface area contributed by atoms with E-state index < -0.39 is 16.6 Å². The van der Waals surface area contributed by atoms with Crippen LogP contribution in [0.4, 0.5) is 10.1 Å². The maximum atomic E-state index is 13.5. The Morgan fingerprint density at radius 1 is 1.55 bits per heavy atom. The lowest BCUT2D eigenvalue weighted by atomic mass is 10.1. The second kappa shape index (κ2) is 5.64. The van der Waals surface area contributed by atoms with Crippen LogP contribution in [-0.4, -0.2) is 29.3 Å². The molecule has 7 nitrogen and oxygen atoms in total. The summed E-state index contributed by atoms with van der Waals surface area (Å²) in [5.41, 5.74) is -0.741. The van der Waals surface area contributed by atoms with Gasteiger partial charge in [0.1, 0.15) is 5.82 Å². The van der Waals surface area contributed by atoms with Gasteiger partial charge in [-0.15, -0.1) is 0 Å². The highest BCUT2D eigenvalue weighted by atomic mass is 19.1. The summed E-state index contributed by atoms with van der Waals surface area (Å²) < 4.78 is 13.5. The molecule has 0 bridgehead atoms. The van der Waals surface area contributed by atoms with E-state index in [0.29, 0.717) is 12.8 Å². The van der Waals surface area contributed by atoms with Crippen LogP contribution in [0.25, 0.3) is 0 Å². The summed E-state index contributed by atoms with van der Waals surface area (Å²) in [5, 5.41) is 15.7. The zero-order chi connectivity index (χ0) is 14.7. The summed E-state index contributed by atoms with van der Waals surface area (Å²) >= 11 is 0. The normalized spacial score (nSPS) is 17.6. The number of carbonyl (C=O) groups is 2. The molecule has 0 aliphatic carbocycles. The average molecular weight is 281 g/mol. The average Bonchev–Trinajstić information content (AvgIpc) is 2.82. The molecule has 0 saturated carbocycles. The van der Waals surface area contributed by atoms with Crippen LogP contribution in [0.15, 0.2) is 18.2 Å². The molecule has 1 unspecified atom stereocenters. The van der Waals surface area contributed by atoms with Crippen LogP contribution in [-0.2, 0) is 4.79 Å². The first-order valence-electron chi connectivity index (χ1n) is 5.99. The third kappa shape index (κ3) is 3.08. The van der Waals surface area contributed by atoms with Crippen LogP contribution < -0.4 is 10.6 Å². The minimum atomic E-state index is -0.830. The van der Waals surface area contributed by atoms with Gasteiger partial charge in [-0.25, -0.2) is 4.39 Å². The molecule has 1 aromatic rings. The molecule has 1 atom stereocenters. The molecule has 1 heterocycles. The Bertz CT molecular complexity index is 576. The molecule has 0 radical (unpaired) electrons. The molecule has 0 aromatic heterocycles. The van der Waals surface area contributed by atoms with Gasteiger partial charge in [-0.05, 0) is 12.5 Å². The lowest BCUT2D eigenvalue weighted by Gasteiger charge is -2.11. The molecule has 1 aliphatic heterocycles. The maximum Gasteiger partial charge on any atom is 0.270 e. The van der Waals surface area contributed by atoms with E-state index in [1.165, 1.54) is 0 Å². The largest absolute Gasteiger partial charge is 0.352 e. The van der Waals surface area contributed by atoms with E-state index in [1.807, 2.05) is 0 Å². The Morgan fingerprint density at radius 2 is 2.30 bits per heavy atom. The van der Waals surface area contributed by atoms with Crippen molar-refractivity contribution >= 4 is 17.5 Å². The third-order valence-corrected chi connectivity index (χ3v) is 3.00. The molecule has 20 heavy (non-hydrogen) atoms. The zero-order valence-electron chi connectivity index (χ0n) is 10.4. The van der Waals surface area contributed by atoms with Gasteiger partial charge < -0.3 is 10.6 Å². The van der Waals surface area contributed by atoms with Crippen molar-refractivity contribution in [1.82, 2.24) is 10.6 Å². The summed E-state index contributed by atoms with van der Waals surface area (Å²) in [7, 11) is 0. The fraction of sp³-hybridized carbons (Fsp3) is 0.333. The summed E-state index contributed by atoms with van der Waals surface area (Å²) in [5.74, 6) is -1.67. The van der Waals surface area contributed by atoms with E-state index in [1.54, 1.807) is 0 Å². The lowest BCUT2D eigenvalue weighted by Crippen LogP contribution is -2.38. The van der Waals surface area contributed by atoms with Crippen molar-refractivity contribution in [3.8, 4) is 0 Å². The number of hydrogen-bond donors (Lipinski definition) is 2. The molecule has 2 N–H and O–H groups in total. The van der Waals surface area contributed by atoms with Crippen LogP contribution >= 0.6 is 0 Å².